The minimum absolute atomic E-state index is 0.0322. The van der Waals surface area contributed by atoms with E-state index >= 15 is 0 Å². The highest BCUT2D eigenvalue weighted by Gasteiger charge is 2.24. The Hall–Kier alpha value is -0.770. The van der Waals surface area contributed by atoms with Gasteiger partial charge in [-0.15, -0.1) is 0 Å². The molecule has 1 aliphatic rings. The Morgan fingerprint density at radius 1 is 1.53 bits per heavy atom. The number of nitrogens with zero attached hydrogens (tertiary/aromatic N) is 1. The van der Waals surface area contributed by atoms with E-state index in [2.05, 4.69) is 26.1 Å². The van der Waals surface area contributed by atoms with Crippen molar-refractivity contribution in [2.45, 2.75) is 27.2 Å². The van der Waals surface area contributed by atoms with Crippen LogP contribution in [0, 0.1) is 11.3 Å². The molecular formula is C11H22N2O2. The molecule has 4 nitrogen and oxygen atoms in total. The molecule has 88 valence electrons. The van der Waals surface area contributed by atoms with Gasteiger partial charge in [-0.1, -0.05) is 20.8 Å². The van der Waals surface area contributed by atoms with Crippen LogP contribution >= 0.6 is 0 Å². The number of carboxylic acid groups (broad SMARTS) is 1. The third kappa shape index (κ3) is 4.51. The molecule has 0 saturated carbocycles. The summed E-state index contributed by atoms with van der Waals surface area (Å²) in [7, 11) is 0. The van der Waals surface area contributed by atoms with Crippen molar-refractivity contribution in [2.75, 3.05) is 26.2 Å². The van der Waals surface area contributed by atoms with E-state index in [4.69, 9.17) is 5.11 Å². The summed E-state index contributed by atoms with van der Waals surface area (Å²) in [6.45, 7) is 9.45. The van der Waals surface area contributed by atoms with E-state index in [9.17, 15) is 4.79 Å². The first-order chi connectivity index (χ1) is 6.88. The molecule has 4 heteroatoms. The summed E-state index contributed by atoms with van der Waals surface area (Å²) in [5.74, 6) is 0.489. The highest BCUT2D eigenvalue weighted by atomic mass is 16.4. The van der Waals surface area contributed by atoms with Gasteiger partial charge in [0.2, 0.25) is 0 Å². The third-order valence-electron chi connectivity index (χ3n) is 2.58. The Morgan fingerprint density at radius 2 is 2.20 bits per heavy atom. The van der Waals surface area contributed by atoms with Crippen LogP contribution in [-0.2, 0) is 0 Å². The van der Waals surface area contributed by atoms with E-state index in [1.165, 1.54) is 0 Å². The molecule has 1 fully saturated rings. The summed E-state index contributed by atoms with van der Waals surface area (Å²) in [6.07, 6.45) is 0.297. The van der Waals surface area contributed by atoms with Crippen LogP contribution in [0.15, 0.2) is 0 Å². The van der Waals surface area contributed by atoms with E-state index in [-0.39, 0.29) is 5.41 Å². The smallest absolute Gasteiger partial charge is 0.407 e. The van der Waals surface area contributed by atoms with Gasteiger partial charge >= 0.3 is 6.09 Å². The molecule has 1 saturated heterocycles. The van der Waals surface area contributed by atoms with Crippen molar-refractivity contribution in [1.29, 1.82) is 0 Å². The van der Waals surface area contributed by atoms with E-state index < -0.39 is 6.09 Å². The number of rotatable bonds is 3. The molecule has 0 aromatic heterocycles. The lowest BCUT2D eigenvalue weighted by molar-refractivity contribution is 0.118. The van der Waals surface area contributed by atoms with Gasteiger partial charge in [0.25, 0.3) is 0 Å². The molecule has 2 N–H and O–H groups in total. The molecule has 0 spiro atoms. The number of hydrogen-bond donors (Lipinski definition) is 2. The molecule has 1 amide bonds. The zero-order valence-corrected chi connectivity index (χ0v) is 9.92. The van der Waals surface area contributed by atoms with Crippen LogP contribution in [0.1, 0.15) is 27.2 Å². The third-order valence-corrected chi connectivity index (χ3v) is 2.58. The molecule has 15 heavy (non-hydrogen) atoms. The van der Waals surface area contributed by atoms with Crippen LogP contribution in [0.25, 0.3) is 0 Å². The minimum Gasteiger partial charge on any atom is -0.465 e. The fraction of sp³-hybridized carbons (Fsp3) is 0.909. The first kappa shape index (κ1) is 12.3. The molecule has 1 heterocycles. The summed E-state index contributed by atoms with van der Waals surface area (Å²) < 4.78 is 0. The number of amides is 1. The minimum atomic E-state index is -0.795. The predicted molar refractivity (Wildman–Crippen MR) is 60.0 cm³/mol. The Labute approximate surface area is 91.6 Å². The molecule has 1 rings (SSSR count). The van der Waals surface area contributed by atoms with Crippen molar-refractivity contribution in [1.82, 2.24) is 10.2 Å². The Balaban J connectivity index is 2.46. The standard InChI is InChI=1S/C11H22N2O2/c1-11(2,3)8-13(10(14)15)7-9-4-5-12-6-9/h9,12H,4-8H2,1-3H3,(H,14,15)/t9-/m0/s1. The molecule has 0 unspecified atom stereocenters. The zero-order chi connectivity index (χ0) is 11.5. The first-order valence-corrected chi connectivity index (χ1v) is 5.57. The van der Waals surface area contributed by atoms with Crippen LogP contribution in [0.4, 0.5) is 4.79 Å². The van der Waals surface area contributed by atoms with Gasteiger partial charge in [-0.2, -0.15) is 0 Å². The van der Waals surface area contributed by atoms with Crippen molar-refractivity contribution in [2.24, 2.45) is 11.3 Å². The van der Waals surface area contributed by atoms with E-state index in [1.54, 1.807) is 4.90 Å². The molecule has 0 aromatic rings. The maximum Gasteiger partial charge on any atom is 0.407 e. The van der Waals surface area contributed by atoms with Gasteiger partial charge in [-0.25, -0.2) is 4.79 Å². The largest absolute Gasteiger partial charge is 0.465 e. The van der Waals surface area contributed by atoms with Gasteiger partial charge < -0.3 is 15.3 Å². The van der Waals surface area contributed by atoms with Crippen LogP contribution in [0.5, 0.6) is 0 Å². The second-order valence-electron chi connectivity index (χ2n) is 5.58. The van der Waals surface area contributed by atoms with Crippen molar-refractivity contribution < 1.29 is 9.90 Å². The van der Waals surface area contributed by atoms with Crippen molar-refractivity contribution >= 4 is 6.09 Å². The summed E-state index contributed by atoms with van der Waals surface area (Å²) in [5, 5.41) is 12.4. The zero-order valence-electron chi connectivity index (χ0n) is 9.92. The van der Waals surface area contributed by atoms with Crippen LogP contribution in [-0.4, -0.2) is 42.3 Å². The van der Waals surface area contributed by atoms with Gasteiger partial charge in [-0.05, 0) is 30.8 Å². The Kier molecular flexibility index (Phi) is 3.97. The molecule has 0 aromatic carbocycles. The lowest BCUT2D eigenvalue weighted by Crippen LogP contribution is -2.40. The highest BCUT2D eigenvalue weighted by Crippen LogP contribution is 2.18. The van der Waals surface area contributed by atoms with E-state index in [0.717, 1.165) is 19.5 Å². The fourth-order valence-corrected chi connectivity index (χ4v) is 1.96. The quantitative estimate of drug-likeness (QED) is 0.750. The van der Waals surface area contributed by atoms with Gasteiger partial charge in [0.15, 0.2) is 0 Å². The molecule has 1 atom stereocenters. The summed E-state index contributed by atoms with van der Waals surface area (Å²) in [4.78, 5) is 12.6. The summed E-state index contributed by atoms with van der Waals surface area (Å²) in [6, 6.07) is 0. The SMILES string of the molecule is CC(C)(C)CN(C[C@H]1CCNC1)C(=O)O. The first-order valence-electron chi connectivity index (χ1n) is 5.57. The monoisotopic (exact) mass is 214 g/mol. The van der Waals surface area contributed by atoms with Gasteiger partial charge in [-0.3, -0.25) is 0 Å². The van der Waals surface area contributed by atoms with Gasteiger partial charge in [0.05, 0.1) is 0 Å². The average molecular weight is 214 g/mol. The predicted octanol–water partition coefficient (Wildman–Crippen LogP) is 1.62. The van der Waals surface area contributed by atoms with Crippen molar-refractivity contribution in [3.8, 4) is 0 Å². The van der Waals surface area contributed by atoms with Crippen molar-refractivity contribution in [3.05, 3.63) is 0 Å². The van der Waals surface area contributed by atoms with Crippen molar-refractivity contribution in [3.63, 3.8) is 0 Å². The molecule has 1 aliphatic heterocycles. The van der Waals surface area contributed by atoms with Gasteiger partial charge in [0, 0.05) is 13.1 Å². The fourth-order valence-electron chi connectivity index (χ4n) is 1.96. The second kappa shape index (κ2) is 4.84. The molecule has 0 radical (unpaired) electrons. The maximum absolute atomic E-state index is 11.1. The average Bonchev–Trinajstić information content (AvgIpc) is 2.52. The lowest BCUT2D eigenvalue weighted by atomic mass is 9.95. The van der Waals surface area contributed by atoms with Crippen LogP contribution in [0.3, 0.4) is 0 Å². The van der Waals surface area contributed by atoms with E-state index in [0.29, 0.717) is 19.0 Å². The maximum atomic E-state index is 11.1. The lowest BCUT2D eigenvalue weighted by Gasteiger charge is -2.29. The van der Waals surface area contributed by atoms with E-state index in [1.807, 2.05) is 0 Å². The normalized spacial score (nSPS) is 21.7. The Bertz CT molecular complexity index is 217. The number of hydrogen-bond acceptors (Lipinski definition) is 2. The Morgan fingerprint density at radius 3 is 2.60 bits per heavy atom. The summed E-state index contributed by atoms with van der Waals surface area (Å²) in [5.41, 5.74) is 0.0322. The number of carbonyl (C=O) groups is 1. The van der Waals surface area contributed by atoms with Crippen LogP contribution < -0.4 is 5.32 Å². The number of nitrogens with one attached hydrogen (secondary N) is 1. The molecular weight excluding hydrogens is 192 g/mol. The molecule has 0 aliphatic carbocycles. The second-order valence-corrected chi connectivity index (χ2v) is 5.58. The van der Waals surface area contributed by atoms with Crippen LogP contribution in [0.2, 0.25) is 0 Å². The summed E-state index contributed by atoms with van der Waals surface area (Å²) >= 11 is 0. The topological polar surface area (TPSA) is 52.6 Å². The molecule has 0 bridgehead atoms. The van der Waals surface area contributed by atoms with Gasteiger partial charge in [0.1, 0.15) is 0 Å². The highest BCUT2D eigenvalue weighted by molar-refractivity contribution is 5.65.